The first kappa shape index (κ1) is 56.0. The molecule has 9 heteroatoms. The summed E-state index contributed by atoms with van der Waals surface area (Å²) in [5, 5.41) is 0. The van der Waals surface area contributed by atoms with Gasteiger partial charge in [0.15, 0.2) is 0 Å². The minimum atomic E-state index is -4.28. The van der Waals surface area contributed by atoms with Crippen molar-refractivity contribution in [3.05, 3.63) is 24.3 Å². The van der Waals surface area contributed by atoms with Crippen LogP contribution in [0.4, 0.5) is 0 Å². The fourth-order valence-corrected chi connectivity index (χ4v) is 7.79. The molecule has 338 valence electrons. The number of hydrogen-bond donors (Lipinski definition) is 2. The van der Waals surface area contributed by atoms with Gasteiger partial charge in [0.2, 0.25) is 0 Å². The second kappa shape index (κ2) is 46.1. The molecule has 0 rings (SSSR count). The molecule has 0 saturated carbocycles. The molecule has 2 atom stereocenters. The van der Waals surface area contributed by atoms with E-state index in [1.807, 2.05) is 0 Å². The fraction of sp³-hybridized carbons (Fsp3) is 0.896. The molecule has 0 amide bonds. The quantitative estimate of drug-likeness (QED) is 0.0270. The van der Waals surface area contributed by atoms with Crippen molar-refractivity contribution >= 4 is 13.8 Å². The molecule has 0 fully saturated rings. The molecule has 3 N–H and O–H groups in total. The van der Waals surface area contributed by atoms with E-state index >= 15 is 0 Å². The van der Waals surface area contributed by atoms with Crippen molar-refractivity contribution in [3.63, 3.8) is 0 Å². The van der Waals surface area contributed by atoms with Crippen LogP contribution in [0.5, 0.6) is 0 Å². The van der Waals surface area contributed by atoms with E-state index < -0.39 is 13.9 Å². The van der Waals surface area contributed by atoms with Gasteiger partial charge in [-0.25, -0.2) is 4.57 Å². The van der Waals surface area contributed by atoms with Crippen molar-refractivity contribution in [3.8, 4) is 0 Å². The van der Waals surface area contributed by atoms with Crippen LogP contribution < -0.4 is 5.73 Å². The Morgan fingerprint density at radius 2 is 0.930 bits per heavy atom. The van der Waals surface area contributed by atoms with Crippen LogP contribution in [0, 0.1) is 0 Å². The minimum Gasteiger partial charge on any atom is -0.457 e. The third-order valence-electron chi connectivity index (χ3n) is 10.6. The normalized spacial score (nSPS) is 13.5. The number of hydrogen-bond acceptors (Lipinski definition) is 7. The van der Waals surface area contributed by atoms with Gasteiger partial charge in [0.1, 0.15) is 6.10 Å². The molecule has 57 heavy (non-hydrogen) atoms. The lowest BCUT2D eigenvalue weighted by Crippen LogP contribution is -2.28. The topological polar surface area (TPSA) is 117 Å². The van der Waals surface area contributed by atoms with E-state index in [2.05, 4.69) is 38.2 Å². The average Bonchev–Trinajstić information content (AvgIpc) is 3.20. The molecule has 0 aromatic rings. The van der Waals surface area contributed by atoms with Gasteiger partial charge in [0.25, 0.3) is 0 Å². The van der Waals surface area contributed by atoms with E-state index in [1.54, 1.807) is 0 Å². The lowest BCUT2D eigenvalue weighted by Gasteiger charge is -2.20. The highest BCUT2D eigenvalue weighted by atomic mass is 31.2. The van der Waals surface area contributed by atoms with Gasteiger partial charge in [0, 0.05) is 19.6 Å². The van der Waals surface area contributed by atoms with Gasteiger partial charge in [-0.05, 0) is 44.9 Å². The van der Waals surface area contributed by atoms with E-state index in [4.69, 9.17) is 24.3 Å². The summed E-state index contributed by atoms with van der Waals surface area (Å²) in [6, 6.07) is 0. The maximum atomic E-state index is 12.6. The zero-order chi connectivity index (χ0) is 41.6. The molecule has 0 aromatic heterocycles. The molecule has 0 aromatic carbocycles. The molecule has 0 spiro atoms. The summed E-state index contributed by atoms with van der Waals surface area (Å²) >= 11 is 0. The average molecular weight is 828 g/mol. The second-order valence-corrected chi connectivity index (χ2v) is 17.8. The summed E-state index contributed by atoms with van der Waals surface area (Å²) in [5.41, 5.74) is 5.38. The van der Waals surface area contributed by atoms with Crippen LogP contribution in [0.25, 0.3) is 0 Å². The Hall–Kier alpha value is -1.02. The van der Waals surface area contributed by atoms with Crippen molar-refractivity contribution < 1.29 is 32.8 Å². The van der Waals surface area contributed by atoms with Crippen LogP contribution in [-0.2, 0) is 27.9 Å². The van der Waals surface area contributed by atoms with Crippen LogP contribution in [0.1, 0.15) is 239 Å². The van der Waals surface area contributed by atoms with Gasteiger partial charge < -0.3 is 20.1 Å². The molecular formula is C48H94NO7P. The van der Waals surface area contributed by atoms with E-state index in [0.29, 0.717) is 13.0 Å². The molecule has 0 bridgehead atoms. The lowest BCUT2D eigenvalue weighted by atomic mass is 10.0. The van der Waals surface area contributed by atoms with Crippen LogP contribution >= 0.6 is 7.82 Å². The predicted octanol–water partition coefficient (Wildman–Crippen LogP) is 14.8. The number of phosphoric ester groups is 1. The zero-order valence-corrected chi connectivity index (χ0v) is 38.5. The number of allylic oxidation sites excluding steroid dienone is 4. The van der Waals surface area contributed by atoms with Crippen LogP contribution in [0.2, 0.25) is 0 Å². The summed E-state index contributed by atoms with van der Waals surface area (Å²) in [6.07, 6.45) is 52.0. The molecule has 0 radical (unpaired) electrons. The van der Waals surface area contributed by atoms with Crippen molar-refractivity contribution in [2.75, 3.05) is 33.0 Å². The Morgan fingerprint density at radius 1 is 0.526 bits per heavy atom. The van der Waals surface area contributed by atoms with Crippen molar-refractivity contribution in [2.24, 2.45) is 5.73 Å². The number of rotatable bonds is 47. The SMILES string of the molecule is CCCCCC/C=C\C/C=C\CCCCCCCCCC(=O)OC(COCCCCCCCCCCCCCCCCCCCCCC)COP(=O)(O)OCCN. The van der Waals surface area contributed by atoms with Crippen LogP contribution in [-0.4, -0.2) is 49.9 Å². The summed E-state index contributed by atoms with van der Waals surface area (Å²) < 4.78 is 33.5. The van der Waals surface area contributed by atoms with Crippen molar-refractivity contribution in [1.82, 2.24) is 0 Å². The van der Waals surface area contributed by atoms with Gasteiger partial charge in [-0.2, -0.15) is 0 Å². The Morgan fingerprint density at radius 3 is 1.39 bits per heavy atom. The van der Waals surface area contributed by atoms with Crippen molar-refractivity contribution in [2.45, 2.75) is 245 Å². The number of nitrogens with two attached hydrogens (primary N) is 1. The molecule has 2 unspecified atom stereocenters. The third-order valence-corrected chi connectivity index (χ3v) is 11.6. The highest BCUT2D eigenvalue weighted by molar-refractivity contribution is 7.47. The molecule has 0 aliphatic rings. The van der Waals surface area contributed by atoms with E-state index in [0.717, 1.165) is 44.9 Å². The van der Waals surface area contributed by atoms with Crippen LogP contribution in [0.3, 0.4) is 0 Å². The van der Waals surface area contributed by atoms with E-state index in [1.165, 1.54) is 173 Å². The number of esters is 1. The van der Waals surface area contributed by atoms with E-state index in [-0.39, 0.29) is 32.3 Å². The van der Waals surface area contributed by atoms with Gasteiger partial charge in [0.05, 0.1) is 19.8 Å². The largest absolute Gasteiger partial charge is 0.472 e. The highest BCUT2D eigenvalue weighted by Crippen LogP contribution is 2.43. The molecule has 0 aliphatic carbocycles. The molecule has 0 heterocycles. The fourth-order valence-electron chi connectivity index (χ4n) is 7.03. The summed E-state index contributed by atoms with van der Waals surface area (Å²) in [7, 11) is -4.28. The Labute approximate surface area is 353 Å². The van der Waals surface area contributed by atoms with E-state index in [9.17, 15) is 14.3 Å². The monoisotopic (exact) mass is 828 g/mol. The Balaban J connectivity index is 3.95. The maximum absolute atomic E-state index is 12.6. The number of ether oxygens (including phenoxy) is 2. The summed E-state index contributed by atoms with van der Waals surface area (Å²) in [5.74, 6) is -0.334. The maximum Gasteiger partial charge on any atom is 0.472 e. The number of carbonyl (C=O) groups excluding carboxylic acids is 1. The minimum absolute atomic E-state index is 0.0948. The smallest absolute Gasteiger partial charge is 0.457 e. The lowest BCUT2D eigenvalue weighted by molar-refractivity contribution is -0.154. The molecular weight excluding hydrogens is 734 g/mol. The van der Waals surface area contributed by atoms with Gasteiger partial charge in [-0.1, -0.05) is 212 Å². The van der Waals surface area contributed by atoms with Crippen LogP contribution in [0.15, 0.2) is 24.3 Å². The first-order chi connectivity index (χ1) is 27.9. The van der Waals surface area contributed by atoms with Gasteiger partial charge >= 0.3 is 13.8 Å². The molecule has 0 aliphatic heterocycles. The first-order valence-corrected chi connectivity index (χ1v) is 25.8. The molecule has 0 saturated heterocycles. The second-order valence-electron chi connectivity index (χ2n) is 16.3. The van der Waals surface area contributed by atoms with Crippen molar-refractivity contribution in [1.29, 1.82) is 0 Å². The predicted molar refractivity (Wildman–Crippen MR) is 243 cm³/mol. The summed E-state index contributed by atoms with van der Waals surface area (Å²) in [6.45, 7) is 4.95. The Bertz CT molecular complexity index is 930. The third kappa shape index (κ3) is 45.9. The van der Waals surface area contributed by atoms with Gasteiger partial charge in [-0.3, -0.25) is 13.8 Å². The number of phosphoric acid groups is 1. The standard InChI is InChI=1S/C48H94NO7P/c1-3-5-7-9-11-13-15-17-19-21-23-24-26-28-30-32-34-36-38-40-43-53-45-47(46-55-57(51,52)54-44-42-49)56-48(50)41-39-37-35-33-31-29-27-25-22-20-18-16-14-12-10-8-6-4-2/h14,16,20,22,47H,3-13,15,17-19,21,23-46,49H2,1-2H3,(H,51,52)/b16-14-,22-20-. The number of unbranched alkanes of at least 4 members (excludes halogenated alkanes) is 30. The summed E-state index contributed by atoms with van der Waals surface area (Å²) in [4.78, 5) is 22.5. The number of carbonyl (C=O) groups is 1. The highest BCUT2D eigenvalue weighted by Gasteiger charge is 2.25. The molecule has 8 nitrogen and oxygen atoms in total. The Kier molecular flexibility index (Phi) is 45.2. The first-order valence-electron chi connectivity index (χ1n) is 24.3. The van der Waals surface area contributed by atoms with Gasteiger partial charge in [-0.15, -0.1) is 0 Å². The zero-order valence-electron chi connectivity index (χ0n) is 37.6.